The van der Waals surface area contributed by atoms with E-state index in [-0.39, 0.29) is 0 Å². The van der Waals surface area contributed by atoms with Crippen LogP contribution in [0.3, 0.4) is 0 Å². The predicted molar refractivity (Wildman–Crippen MR) is 79.7 cm³/mol. The van der Waals surface area contributed by atoms with E-state index in [2.05, 4.69) is 30.1 Å². The number of nitrogens with zero attached hydrogens (tertiary/aromatic N) is 1. The fraction of sp³-hybridized carbons (Fsp3) is 0.133. The fourth-order valence-corrected chi connectivity index (χ4v) is 2.60. The molecule has 0 aliphatic heterocycles. The molecule has 0 aliphatic rings. The molecule has 0 atom stereocenters. The Hall–Kier alpha value is -2.07. The lowest BCUT2D eigenvalue weighted by atomic mass is 10.2. The van der Waals surface area contributed by atoms with E-state index in [1.807, 2.05) is 28.8 Å². The standard InChI is InChI=1S/C15H14N2OS/c1-10-5-3-6-11(9-10)17-12-7-4-8-13(18-2)14(12)16-15(17)19/h3-9H,1-2H3,(H,16,19). The molecule has 4 heteroatoms. The van der Waals surface area contributed by atoms with E-state index in [4.69, 9.17) is 17.0 Å². The third kappa shape index (κ3) is 1.94. The number of para-hydroxylation sites is 1. The van der Waals surface area contributed by atoms with Gasteiger partial charge < -0.3 is 9.72 Å². The van der Waals surface area contributed by atoms with Gasteiger partial charge in [-0.25, -0.2) is 0 Å². The summed E-state index contributed by atoms with van der Waals surface area (Å²) in [7, 11) is 1.66. The number of aromatic amines is 1. The Morgan fingerprint density at radius 2 is 1.95 bits per heavy atom. The lowest BCUT2D eigenvalue weighted by Crippen LogP contribution is -1.94. The summed E-state index contributed by atoms with van der Waals surface area (Å²) in [4.78, 5) is 3.22. The summed E-state index contributed by atoms with van der Waals surface area (Å²) in [5.41, 5.74) is 4.22. The summed E-state index contributed by atoms with van der Waals surface area (Å²) < 4.78 is 8.06. The molecule has 0 fully saturated rings. The number of hydrogen-bond acceptors (Lipinski definition) is 2. The Morgan fingerprint density at radius 3 is 2.68 bits per heavy atom. The maximum atomic E-state index is 5.44. The van der Waals surface area contributed by atoms with Crippen molar-refractivity contribution >= 4 is 23.3 Å². The van der Waals surface area contributed by atoms with Crippen LogP contribution in [0.15, 0.2) is 42.5 Å². The molecule has 0 bridgehead atoms. The second-order valence-corrected chi connectivity index (χ2v) is 4.85. The predicted octanol–water partition coefficient (Wildman–Crippen LogP) is 4.01. The third-order valence-corrected chi connectivity index (χ3v) is 3.44. The van der Waals surface area contributed by atoms with Crippen molar-refractivity contribution in [1.82, 2.24) is 9.55 Å². The van der Waals surface area contributed by atoms with Gasteiger partial charge in [0.15, 0.2) is 4.77 Å². The van der Waals surface area contributed by atoms with E-state index < -0.39 is 0 Å². The molecular formula is C15H14N2OS. The molecule has 2 aromatic carbocycles. The number of fused-ring (bicyclic) bond motifs is 1. The second kappa shape index (κ2) is 4.55. The zero-order valence-corrected chi connectivity index (χ0v) is 11.6. The molecule has 3 nitrogen and oxygen atoms in total. The van der Waals surface area contributed by atoms with E-state index in [1.165, 1.54) is 5.56 Å². The monoisotopic (exact) mass is 270 g/mol. The highest BCUT2D eigenvalue weighted by atomic mass is 32.1. The Bertz CT molecular complexity index is 801. The third-order valence-electron chi connectivity index (χ3n) is 3.16. The van der Waals surface area contributed by atoms with Crippen LogP contribution in [-0.4, -0.2) is 16.7 Å². The van der Waals surface area contributed by atoms with Gasteiger partial charge in [0.25, 0.3) is 0 Å². The number of rotatable bonds is 2. The van der Waals surface area contributed by atoms with Crippen LogP contribution in [0.5, 0.6) is 5.75 Å². The minimum Gasteiger partial charge on any atom is -0.494 e. The van der Waals surface area contributed by atoms with Gasteiger partial charge in [-0.15, -0.1) is 0 Å². The minimum atomic E-state index is 0.671. The minimum absolute atomic E-state index is 0.671. The highest BCUT2D eigenvalue weighted by Crippen LogP contribution is 2.27. The van der Waals surface area contributed by atoms with Crippen LogP contribution in [0.25, 0.3) is 16.7 Å². The zero-order chi connectivity index (χ0) is 13.4. The summed E-state index contributed by atoms with van der Waals surface area (Å²) in [6.45, 7) is 2.07. The number of aromatic nitrogens is 2. The van der Waals surface area contributed by atoms with Gasteiger partial charge >= 0.3 is 0 Å². The Morgan fingerprint density at radius 1 is 1.16 bits per heavy atom. The van der Waals surface area contributed by atoms with Gasteiger partial charge in [0.05, 0.1) is 12.6 Å². The van der Waals surface area contributed by atoms with Crippen LogP contribution >= 0.6 is 12.2 Å². The van der Waals surface area contributed by atoms with Crippen LogP contribution < -0.4 is 4.74 Å². The van der Waals surface area contributed by atoms with Crippen molar-refractivity contribution in [2.75, 3.05) is 7.11 Å². The highest BCUT2D eigenvalue weighted by Gasteiger charge is 2.09. The number of hydrogen-bond donors (Lipinski definition) is 1. The Labute approximate surface area is 116 Å². The molecule has 3 rings (SSSR count). The molecule has 0 spiro atoms. The second-order valence-electron chi connectivity index (χ2n) is 4.46. The van der Waals surface area contributed by atoms with Gasteiger partial charge in [-0.2, -0.15) is 0 Å². The van der Waals surface area contributed by atoms with Crippen molar-refractivity contribution < 1.29 is 4.74 Å². The fourth-order valence-electron chi connectivity index (χ4n) is 2.30. The van der Waals surface area contributed by atoms with Crippen LogP contribution in [-0.2, 0) is 0 Å². The Balaban J connectivity index is 2.36. The maximum Gasteiger partial charge on any atom is 0.182 e. The van der Waals surface area contributed by atoms with Crippen molar-refractivity contribution in [3.05, 3.63) is 52.8 Å². The largest absolute Gasteiger partial charge is 0.494 e. The average molecular weight is 270 g/mol. The number of aryl methyl sites for hydroxylation is 1. The molecule has 1 N–H and O–H groups in total. The van der Waals surface area contributed by atoms with E-state index in [9.17, 15) is 0 Å². The van der Waals surface area contributed by atoms with Crippen LogP contribution in [0.1, 0.15) is 5.56 Å². The van der Waals surface area contributed by atoms with Crippen LogP contribution in [0.4, 0.5) is 0 Å². The SMILES string of the molecule is COc1cccc2c1[nH]c(=S)n2-c1cccc(C)c1. The summed E-state index contributed by atoms with van der Waals surface area (Å²) in [6.07, 6.45) is 0. The van der Waals surface area contributed by atoms with Gasteiger partial charge in [0.2, 0.25) is 0 Å². The summed E-state index contributed by atoms with van der Waals surface area (Å²) in [5.74, 6) is 0.801. The van der Waals surface area contributed by atoms with Gasteiger partial charge in [-0.3, -0.25) is 4.57 Å². The highest BCUT2D eigenvalue weighted by molar-refractivity contribution is 7.71. The summed E-state index contributed by atoms with van der Waals surface area (Å²) in [6, 6.07) is 14.2. The van der Waals surface area contributed by atoms with E-state index >= 15 is 0 Å². The summed E-state index contributed by atoms with van der Waals surface area (Å²) >= 11 is 5.44. The molecule has 0 unspecified atom stereocenters. The Kier molecular flexibility index (Phi) is 2.87. The topological polar surface area (TPSA) is 29.9 Å². The van der Waals surface area contributed by atoms with Gasteiger partial charge in [0, 0.05) is 5.69 Å². The van der Waals surface area contributed by atoms with Gasteiger partial charge in [0.1, 0.15) is 11.3 Å². The van der Waals surface area contributed by atoms with Crippen LogP contribution in [0, 0.1) is 11.7 Å². The number of nitrogens with one attached hydrogen (secondary N) is 1. The zero-order valence-electron chi connectivity index (χ0n) is 10.8. The van der Waals surface area contributed by atoms with E-state index in [1.54, 1.807) is 7.11 Å². The van der Waals surface area contributed by atoms with E-state index in [0.717, 1.165) is 22.5 Å². The van der Waals surface area contributed by atoms with Crippen molar-refractivity contribution in [2.45, 2.75) is 6.92 Å². The normalized spacial score (nSPS) is 10.8. The number of H-pyrrole nitrogens is 1. The van der Waals surface area contributed by atoms with Crippen molar-refractivity contribution in [2.24, 2.45) is 0 Å². The smallest absolute Gasteiger partial charge is 0.182 e. The molecule has 3 aromatic rings. The molecule has 0 aliphatic carbocycles. The van der Waals surface area contributed by atoms with Crippen molar-refractivity contribution in [3.63, 3.8) is 0 Å². The molecule has 0 amide bonds. The quantitative estimate of drug-likeness (QED) is 0.713. The molecule has 96 valence electrons. The lowest BCUT2D eigenvalue weighted by molar-refractivity contribution is 0.419. The molecular weight excluding hydrogens is 256 g/mol. The lowest BCUT2D eigenvalue weighted by Gasteiger charge is -2.06. The first-order chi connectivity index (χ1) is 9.20. The summed E-state index contributed by atoms with van der Waals surface area (Å²) in [5, 5.41) is 0. The first-order valence-electron chi connectivity index (χ1n) is 6.05. The molecule has 19 heavy (non-hydrogen) atoms. The number of benzene rings is 2. The first kappa shape index (κ1) is 12.0. The van der Waals surface area contributed by atoms with Crippen molar-refractivity contribution in [3.8, 4) is 11.4 Å². The number of ether oxygens (including phenoxy) is 1. The number of methoxy groups -OCH3 is 1. The van der Waals surface area contributed by atoms with Gasteiger partial charge in [-0.05, 0) is 49.0 Å². The number of imidazole rings is 1. The first-order valence-corrected chi connectivity index (χ1v) is 6.46. The van der Waals surface area contributed by atoms with Crippen LogP contribution in [0.2, 0.25) is 0 Å². The maximum absolute atomic E-state index is 5.44. The molecule has 0 radical (unpaired) electrons. The van der Waals surface area contributed by atoms with Gasteiger partial charge in [-0.1, -0.05) is 18.2 Å². The van der Waals surface area contributed by atoms with E-state index in [0.29, 0.717) is 4.77 Å². The molecule has 1 aromatic heterocycles. The molecule has 0 saturated heterocycles. The average Bonchev–Trinajstić information content (AvgIpc) is 2.74. The molecule has 0 saturated carbocycles. The van der Waals surface area contributed by atoms with Crippen molar-refractivity contribution in [1.29, 1.82) is 0 Å². The molecule has 1 heterocycles.